The number of nitrogens with one attached hydrogen (secondary N) is 1. The molecular formula is C17H20N2O. The van der Waals surface area contributed by atoms with Gasteiger partial charge >= 0.3 is 0 Å². The van der Waals surface area contributed by atoms with Crippen LogP contribution in [0, 0.1) is 0 Å². The van der Waals surface area contributed by atoms with Crippen LogP contribution in [0.25, 0.3) is 5.70 Å². The molecule has 2 aromatic rings. The van der Waals surface area contributed by atoms with Gasteiger partial charge in [0.25, 0.3) is 0 Å². The molecule has 0 fully saturated rings. The Labute approximate surface area is 120 Å². The average Bonchev–Trinajstić information content (AvgIpc) is 2.47. The van der Waals surface area contributed by atoms with Crippen molar-refractivity contribution in [2.75, 3.05) is 31.4 Å². The summed E-state index contributed by atoms with van der Waals surface area (Å²) in [6.45, 7) is 4.08. The summed E-state index contributed by atoms with van der Waals surface area (Å²) in [5.41, 5.74) is 4.07. The molecule has 0 spiro atoms. The second kappa shape index (κ2) is 6.15. The van der Waals surface area contributed by atoms with Gasteiger partial charge in [0.1, 0.15) is 5.75 Å². The Morgan fingerprint density at radius 1 is 1.10 bits per heavy atom. The molecular weight excluding hydrogens is 248 g/mol. The summed E-state index contributed by atoms with van der Waals surface area (Å²) in [5, 5.41) is 3.29. The number of hydrogen-bond donors (Lipinski definition) is 1. The fourth-order valence-corrected chi connectivity index (χ4v) is 1.91. The van der Waals surface area contributed by atoms with Crippen LogP contribution in [0.1, 0.15) is 5.56 Å². The number of hydrogen-bond acceptors (Lipinski definition) is 3. The highest BCUT2D eigenvalue weighted by atomic mass is 16.5. The topological polar surface area (TPSA) is 24.5 Å². The minimum Gasteiger partial charge on any atom is -0.497 e. The summed E-state index contributed by atoms with van der Waals surface area (Å²) in [6, 6.07) is 16.1. The van der Waals surface area contributed by atoms with Gasteiger partial charge in [0, 0.05) is 37.2 Å². The van der Waals surface area contributed by atoms with Gasteiger partial charge in [0.2, 0.25) is 0 Å². The lowest BCUT2D eigenvalue weighted by atomic mass is 10.1. The zero-order chi connectivity index (χ0) is 14.5. The molecule has 0 bridgehead atoms. The van der Waals surface area contributed by atoms with Crippen LogP contribution in [0.3, 0.4) is 0 Å². The van der Waals surface area contributed by atoms with E-state index in [9.17, 15) is 0 Å². The Balaban J connectivity index is 2.11. The molecule has 0 atom stereocenters. The maximum absolute atomic E-state index is 5.21. The monoisotopic (exact) mass is 268 g/mol. The minimum absolute atomic E-state index is 0.825. The molecule has 0 saturated heterocycles. The van der Waals surface area contributed by atoms with Gasteiger partial charge in [-0.05, 0) is 29.8 Å². The largest absolute Gasteiger partial charge is 0.497 e. The van der Waals surface area contributed by atoms with Gasteiger partial charge in [-0.15, -0.1) is 0 Å². The SMILES string of the molecule is C=C(Nc1cccc(OC)c1)c1ccc(N(C)C)cc1. The summed E-state index contributed by atoms with van der Waals surface area (Å²) in [4.78, 5) is 2.07. The van der Waals surface area contributed by atoms with Crippen LogP contribution in [0.4, 0.5) is 11.4 Å². The van der Waals surface area contributed by atoms with Gasteiger partial charge in [-0.3, -0.25) is 0 Å². The van der Waals surface area contributed by atoms with E-state index in [0.717, 1.165) is 22.7 Å². The molecule has 0 heterocycles. The van der Waals surface area contributed by atoms with Crippen LogP contribution in [0.5, 0.6) is 5.75 Å². The van der Waals surface area contributed by atoms with E-state index in [4.69, 9.17) is 4.74 Å². The first-order valence-electron chi connectivity index (χ1n) is 6.48. The van der Waals surface area contributed by atoms with Gasteiger partial charge < -0.3 is 15.0 Å². The maximum Gasteiger partial charge on any atom is 0.120 e. The first-order chi connectivity index (χ1) is 9.60. The molecule has 1 N–H and O–H groups in total. The Hall–Kier alpha value is -2.42. The number of benzene rings is 2. The highest BCUT2D eigenvalue weighted by Gasteiger charge is 2.02. The fraction of sp³-hybridized carbons (Fsp3) is 0.176. The molecule has 0 radical (unpaired) electrons. The Morgan fingerprint density at radius 3 is 2.40 bits per heavy atom. The van der Waals surface area contributed by atoms with Crippen LogP contribution in [-0.2, 0) is 0 Å². The van der Waals surface area contributed by atoms with E-state index >= 15 is 0 Å². The standard InChI is InChI=1S/C17H20N2O/c1-13(14-8-10-16(11-9-14)19(2)3)18-15-6-5-7-17(12-15)20-4/h5-12,18H,1H2,2-4H3. The van der Waals surface area contributed by atoms with Gasteiger partial charge in [0.15, 0.2) is 0 Å². The predicted molar refractivity (Wildman–Crippen MR) is 86.4 cm³/mol. The smallest absolute Gasteiger partial charge is 0.120 e. The third-order valence-corrected chi connectivity index (χ3v) is 3.10. The van der Waals surface area contributed by atoms with Crippen molar-refractivity contribution in [2.45, 2.75) is 0 Å². The molecule has 0 aromatic heterocycles. The van der Waals surface area contributed by atoms with Crippen molar-refractivity contribution in [1.82, 2.24) is 0 Å². The van der Waals surface area contributed by atoms with E-state index in [1.165, 1.54) is 5.69 Å². The minimum atomic E-state index is 0.825. The van der Waals surface area contributed by atoms with E-state index in [-0.39, 0.29) is 0 Å². The Kier molecular flexibility index (Phi) is 4.31. The van der Waals surface area contributed by atoms with Crippen molar-refractivity contribution in [1.29, 1.82) is 0 Å². The van der Waals surface area contributed by atoms with Crippen molar-refractivity contribution in [3.05, 3.63) is 60.7 Å². The highest BCUT2D eigenvalue weighted by molar-refractivity contribution is 5.76. The van der Waals surface area contributed by atoms with Gasteiger partial charge in [0.05, 0.1) is 7.11 Å². The molecule has 104 valence electrons. The van der Waals surface area contributed by atoms with E-state index in [1.54, 1.807) is 7.11 Å². The summed E-state index contributed by atoms with van der Waals surface area (Å²) < 4.78 is 5.21. The number of nitrogens with zero attached hydrogens (tertiary/aromatic N) is 1. The van der Waals surface area contributed by atoms with Crippen LogP contribution in [-0.4, -0.2) is 21.2 Å². The van der Waals surface area contributed by atoms with Crippen molar-refractivity contribution >= 4 is 17.1 Å². The number of methoxy groups -OCH3 is 1. The third kappa shape index (κ3) is 3.32. The molecule has 0 aliphatic rings. The molecule has 2 aromatic carbocycles. The van der Waals surface area contributed by atoms with Crippen LogP contribution in [0.15, 0.2) is 55.1 Å². The average molecular weight is 268 g/mol. The zero-order valence-electron chi connectivity index (χ0n) is 12.2. The molecule has 3 nitrogen and oxygen atoms in total. The second-order valence-electron chi connectivity index (χ2n) is 4.78. The number of rotatable bonds is 5. The summed E-state index contributed by atoms with van der Waals surface area (Å²) in [6.07, 6.45) is 0. The van der Waals surface area contributed by atoms with Crippen molar-refractivity contribution in [3.8, 4) is 5.75 Å². The first-order valence-corrected chi connectivity index (χ1v) is 6.48. The molecule has 2 rings (SSSR count). The van der Waals surface area contributed by atoms with Crippen molar-refractivity contribution in [2.24, 2.45) is 0 Å². The Morgan fingerprint density at radius 2 is 1.80 bits per heavy atom. The quantitative estimate of drug-likeness (QED) is 0.891. The molecule has 0 saturated carbocycles. The molecule has 20 heavy (non-hydrogen) atoms. The number of anilines is 2. The lowest BCUT2D eigenvalue weighted by Crippen LogP contribution is -2.08. The zero-order valence-corrected chi connectivity index (χ0v) is 12.2. The molecule has 0 aliphatic carbocycles. The van der Waals surface area contributed by atoms with Crippen LogP contribution >= 0.6 is 0 Å². The van der Waals surface area contributed by atoms with E-state index < -0.39 is 0 Å². The normalized spacial score (nSPS) is 9.95. The van der Waals surface area contributed by atoms with Crippen LogP contribution < -0.4 is 15.0 Å². The predicted octanol–water partition coefficient (Wildman–Crippen LogP) is 3.84. The maximum atomic E-state index is 5.21. The molecule has 3 heteroatoms. The lowest BCUT2D eigenvalue weighted by Gasteiger charge is -2.14. The molecule has 0 unspecified atom stereocenters. The lowest BCUT2D eigenvalue weighted by molar-refractivity contribution is 0.415. The number of ether oxygens (including phenoxy) is 1. The van der Waals surface area contributed by atoms with E-state index in [0.29, 0.717) is 0 Å². The van der Waals surface area contributed by atoms with Gasteiger partial charge in [-0.1, -0.05) is 24.8 Å². The van der Waals surface area contributed by atoms with Crippen LogP contribution in [0.2, 0.25) is 0 Å². The van der Waals surface area contributed by atoms with Crippen molar-refractivity contribution < 1.29 is 4.74 Å². The molecule has 0 aliphatic heterocycles. The molecule has 0 amide bonds. The van der Waals surface area contributed by atoms with E-state index in [2.05, 4.69) is 41.1 Å². The van der Waals surface area contributed by atoms with Gasteiger partial charge in [-0.25, -0.2) is 0 Å². The van der Waals surface area contributed by atoms with Gasteiger partial charge in [-0.2, -0.15) is 0 Å². The summed E-state index contributed by atoms with van der Waals surface area (Å²) in [7, 11) is 5.71. The van der Waals surface area contributed by atoms with E-state index in [1.807, 2.05) is 38.4 Å². The first kappa shape index (κ1) is 14.0. The summed E-state index contributed by atoms with van der Waals surface area (Å²) >= 11 is 0. The second-order valence-corrected chi connectivity index (χ2v) is 4.78. The van der Waals surface area contributed by atoms with Crippen molar-refractivity contribution in [3.63, 3.8) is 0 Å². The highest BCUT2D eigenvalue weighted by Crippen LogP contribution is 2.22. The third-order valence-electron chi connectivity index (χ3n) is 3.10. The fourth-order valence-electron chi connectivity index (χ4n) is 1.91. The summed E-state index contributed by atoms with van der Waals surface area (Å²) in [5.74, 6) is 0.825. The Bertz CT molecular complexity index is 588.